The number of carbonyl (C=O) groups is 3. The van der Waals surface area contributed by atoms with Crippen molar-refractivity contribution < 1.29 is 28.6 Å². The molecule has 0 heterocycles. The molecule has 0 aromatic rings. The minimum atomic E-state index is -0.129. The standard InChI is InChI=1S/C57H105N3O6/c1-9-13-23-32-50(33-24-14-10-2)41-46-64-53(61)38-29-21-17-19-27-36-52(66-55(63)40-31-43-58-56-48(5)49(6)57(56)59-44-45-60(7)8)37-28-20-18-22-30-39-54(62)65-47-42-51(34-25-15-11-3)35-26-16-12-4/h50-52,58-59H,5-6,9-47H2,1-4,7-8H3. The van der Waals surface area contributed by atoms with Gasteiger partial charge in [0.05, 0.1) is 24.6 Å². The first-order valence-electron chi connectivity index (χ1n) is 27.8. The maximum Gasteiger partial charge on any atom is 0.306 e. The lowest BCUT2D eigenvalue weighted by molar-refractivity contribution is -0.150. The molecule has 0 fully saturated rings. The minimum absolute atomic E-state index is 0.0513. The average Bonchev–Trinajstić information content (AvgIpc) is 3.29. The molecule has 9 heteroatoms. The number of ether oxygens (including phenoxy) is 3. The van der Waals surface area contributed by atoms with Crippen LogP contribution in [0.4, 0.5) is 0 Å². The maximum absolute atomic E-state index is 13.1. The van der Waals surface area contributed by atoms with E-state index in [1.165, 1.54) is 103 Å². The lowest BCUT2D eigenvalue weighted by Crippen LogP contribution is -2.35. The highest BCUT2D eigenvalue weighted by molar-refractivity contribution is 5.70. The van der Waals surface area contributed by atoms with Crippen LogP contribution in [0.2, 0.25) is 0 Å². The van der Waals surface area contributed by atoms with Gasteiger partial charge in [-0.05, 0) is 83.7 Å². The van der Waals surface area contributed by atoms with Crippen LogP contribution in [0.25, 0.3) is 0 Å². The van der Waals surface area contributed by atoms with Crippen molar-refractivity contribution in [3.05, 3.63) is 35.7 Å². The van der Waals surface area contributed by atoms with Crippen LogP contribution >= 0.6 is 0 Å². The molecular weight excluding hydrogens is 823 g/mol. The average molecular weight is 928 g/mol. The number of carbonyl (C=O) groups excluding carboxylic acids is 3. The summed E-state index contributed by atoms with van der Waals surface area (Å²) in [6.45, 7) is 20.9. The zero-order valence-corrected chi connectivity index (χ0v) is 44.1. The van der Waals surface area contributed by atoms with Gasteiger partial charge in [-0.3, -0.25) is 14.4 Å². The predicted octanol–water partition coefficient (Wildman–Crippen LogP) is 14.6. The second-order valence-corrected chi connectivity index (χ2v) is 19.9. The van der Waals surface area contributed by atoms with Gasteiger partial charge in [-0.1, -0.05) is 182 Å². The molecule has 0 aromatic carbocycles. The van der Waals surface area contributed by atoms with Crippen molar-refractivity contribution in [3.8, 4) is 0 Å². The van der Waals surface area contributed by atoms with E-state index >= 15 is 0 Å². The second kappa shape index (κ2) is 42.3. The Morgan fingerprint density at radius 3 is 1.23 bits per heavy atom. The van der Waals surface area contributed by atoms with Crippen LogP contribution in [0, 0.1) is 11.8 Å². The van der Waals surface area contributed by atoms with E-state index in [4.69, 9.17) is 14.2 Å². The van der Waals surface area contributed by atoms with E-state index in [-0.39, 0.29) is 24.0 Å². The summed E-state index contributed by atoms with van der Waals surface area (Å²) in [7, 11) is 4.11. The zero-order valence-electron chi connectivity index (χ0n) is 44.1. The van der Waals surface area contributed by atoms with Crippen LogP contribution in [-0.4, -0.2) is 75.9 Å². The van der Waals surface area contributed by atoms with E-state index in [9.17, 15) is 14.4 Å². The van der Waals surface area contributed by atoms with Crippen LogP contribution in [-0.2, 0) is 28.6 Å². The van der Waals surface area contributed by atoms with Crippen molar-refractivity contribution in [2.75, 3.05) is 46.9 Å². The molecule has 0 spiro atoms. The van der Waals surface area contributed by atoms with E-state index in [1.807, 2.05) is 0 Å². The molecule has 1 rings (SSSR count). The van der Waals surface area contributed by atoms with Gasteiger partial charge in [0.15, 0.2) is 0 Å². The summed E-state index contributed by atoms with van der Waals surface area (Å²) in [6, 6.07) is 0. The van der Waals surface area contributed by atoms with Gasteiger partial charge in [-0.15, -0.1) is 0 Å². The molecule has 0 atom stereocenters. The fraction of sp³-hybridized carbons (Fsp3) is 0.842. The number of rotatable bonds is 48. The summed E-state index contributed by atoms with van der Waals surface area (Å²) in [4.78, 5) is 40.3. The van der Waals surface area contributed by atoms with Crippen molar-refractivity contribution in [2.45, 2.75) is 252 Å². The topological polar surface area (TPSA) is 106 Å². The first-order valence-corrected chi connectivity index (χ1v) is 27.8. The molecule has 0 unspecified atom stereocenters. The minimum Gasteiger partial charge on any atom is -0.466 e. The van der Waals surface area contributed by atoms with Gasteiger partial charge in [0, 0.05) is 50.0 Å². The summed E-state index contributed by atoms with van der Waals surface area (Å²) in [6.07, 6.45) is 36.0. The van der Waals surface area contributed by atoms with Crippen molar-refractivity contribution in [1.29, 1.82) is 0 Å². The number of hydrogen-bond donors (Lipinski definition) is 2. The van der Waals surface area contributed by atoms with Crippen LogP contribution in [0.15, 0.2) is 35.7 Å². The smallest absolute Gasteiger partial charge is 0.306 e. The molecule has 0 amide bonds. The molecule has 0 saturated carbocycles. The predicted molar refractivity (Wildman–Crippen MR) is 278 cm³/mol. The SMILES string of the molecule is C=C1C(=C)C(NCCN(C)C)=C1NCCCC(=O)OC(CCCCCCCC(=O)OCCC(CCCCC)CCCCC)CCCCCCCC(=O)OCCC(CCCCC)CCCCC. The fourth-order valence-corrected chi connectivity index (χ4v) is 9.05. The first kappa shape index (κ1) is 61.2. The van der Waals surface area contributed by atoms with E-state index < -0.39 is 0 Å². The summed E-state index contributed by atoms with van der Waals surface area (Å²) in [5.41, 5.74) is 3.89. The Labute approximate surface area is 407 Å². The van der Waals surface area contributed by atoms with Gasteiger partial charge < -0.3 is 29.7 Å². The van der Waals surface area contributed by atoms with Crippen LogP contribution in [0.1, 0.15) is 246 Å². The Bertz CT molecular complexity index is 1220. The molecule has 0 aromatic heterocycles. The van der Waals surface area contributed by atoms with E-state index in [2.05, 4.69) is 70.5 Å². The monoisotopic (exact) mass is 928 g/mol. The maximum atomic E-state index is 13.1. The summed E-state index contributed by atoms with van der Waals surface area (Å²) >= 11 is 0. The molecule has 1 aliphatic rings. The van der Waals surface area contributed by atoms with Crippen molar-refractivity contribution >= 4 is 17.9 Å². The lowest BCUT2D eigenvalue weighted by Gasteiger charge is -2.31. The molecule has 1 aliphatic carbocycles. The highest BCUT2D eigenvalue weighted by atomic mass is 16.5. The molecular formula is C57H105N3O6. The van der Waals surface area contributed by atoms with Crippen LogP contribution in [0.3, 0.4) is 0 Å². The third-order valence-electron chi connectivity index (χ3n) is 13.5. The zero-order chi connectivity index (χ0) is 48.5. The third-order valence-corrected chi connectivity index (χ3v) is 13.5. The molecule has 0 saturated heterocycles. The molecule has 384 valence electrons. The number of unbranched alkanes of at least 4 members (excludes halogenated alkanes) is 16. The highest BCUT2D eigenvalue weighted by Gasteiger charge is 2.26. The van der Waals surface area contributed by atoms with E-state index in [0.29, 0.717) is 57.3 Å². The molecule has 66 heavy (non-hydrogen) atoms. The number of hydrogen-bond acceptors (Lipinski definition) is 9. The molecule has 2 N–H and O–H groups in total. The van der Waals surface area contributed by atoms with Gasteiger partial charge in [-0.2, -0.15) is 0 Å². The highest BCUT2D eigenvalue weighted by Crippen LogP contribution is 2.33. The van der Waals surface area contributed by atoms with Crippen LogP contribution < -0.4 is 10.6 Å². The van der Waals surface area contributed by atoms with E-state index in [1.54, 1.807) is 0 Å². The molecule has 9 nitrogen and oxygen atoms in total. The Kier molecular flexibility index (Phi) is 39.2. The first-order chi connectivity index (χ1) is 32.1. The van der Waals surface area contributed by atoms with Gasteiger partial charge in [-0.25, -0.2) is 0 Å². The van der Waals surface area contributed by atoms with Crippen molar-refractivity contribution in [3.63, 3.8) is 0 Å². The number of esters is 3. The number of likely N-dealkylation sites (N-methyl/N-ethyl adjacent to an activating group) is 1. The Hall–Kier alpha value is -2.81. The summed E-state index contributed by atoms with van der Waals surface area (Å²) in [5.74, 6) is 1.12. The summed E-state index contributed by atoms with van der Waals surface area (Å²) < 4.78 is 17.5. The quantitative estimate of drug-likeness (QED) is 0.0350. The largest absolute Gasteiger partial charge is 0.466 e. The number of nitrogens with one attached hydrogen (secondary N) is 2. The normalized spacial score (nSPS) is 12.8. The Morgan fingerprint density at radius 2 is 0.818 bits per heavy atom. The van der Waals surface area contributed by atoms with Crippen molar-refractivity contribution in [1.82, 2.24) is 15.5 Å². The molecule has 0 aliphatic heterocycles. The van der Waals surface area contributed by atoms with Crippen LogP contribution in [0.5, 0.6) is 0 Å². The van der Waals surface area contributed by atoms with Gasteiger partial charge in [0.1, 0.15) is 6.10 Å². The molecule has 0 radical (unpaired) electrons. The second-order valence-electron chi connectivity index (χ2n) is 19.9. The third kappa shape index (κ3) is 32.8. The Balaban J connectivity index is 2.49. The van der Waals surface area contributed by atoms with Crippen molar-refractivity contribution in [2.24, 2.45) is 11.8 Å². The van der Waals surface area contributed by atoms with E-state index in [0.717, 1.165) is 126 Å². The number of allylic oxidation sites excluding steroid dienone is 2. The molecule has 0 bridgehead atoms. The Morgan fingerprint density at radius 1 is 0.455 bits per heavy atom. The number of nitrogens with zero attached hydrogens (tertiary/aromatic N) is 1. The summed E-state index contributed by atoms with van der Waals surface area (Å²) in [5, 5.41) is 6.93. The van der Waals surface area contributed by atoms with Gasteiger partial charge in [0.2, 0.25) is 0 Å². The van der Waals surface area contributed by atoms with Gasteiger partial charge >= 0.3 is 17.9 Å². The fourth-order valence-electron chi connectivity index (χ4n) is 9.05. The lowest BCUT2D eigenvalue weighted by atomic mass is 9.89. The van der Waals surface area contributed by atoms with Gasteiger partial charge in [0.25, 0.3) is 0 Å².